The molecule has 0 atom stereocenters. The number of nitriles is 1. The van der Waals surface area contributed by atoms with E-state index in [4.69, 9.17) is 5.26 Å². The van der Waals surface area contributed by atoms with E-state index in [0.717, 1.165) is 12.2 Å². The lowest BCUT2D eigenvalue weighted by Gasteiger charge is -2.01. The topological polar surface area (TPSA) is 35.8 Å². The predicted octanol–water partition coefficient (Wildman–Crippen LogP) is 1.58. The van der Waals surface area contributed by atoms with Crippen molar-refractivity contribution >= 4 is 0 Å². The van der Waals surface area contributed by atoms with Gasteiger partial charge in [-0.3, -0.25) is 0 Å². The van der Waals surface area contributed by atoms with Gasteiger partial charge >= 0.3 is 0 Å². The Morgan fingerprint density at radius 1 is 1.80 bits per heavy atom. The molecule has 0 aliphatic rings. The molecule has 0 fully saturated rings. The third-order valence-corrected chi connectivity index (χ3v) is 1.17. The SMILES string of the molecule is C=C/C(C#N)=C(\C)NCC. The Morgan fingerprint density at radius 3 is 2.70 bits per heavy atom. The van der Waals surface area contributed by atoms with Crippen molar-refractivity contribution < 1.29 is 0 Å². The highest BCUT2D eigenvalue weighted by atomic mass is 14.9. The maximum Gasteiger partial charge on any atom is 0.101 e. The van der Waals surface area contributed by atoms with Crippen LogP contribution in [0.25, 0.3) is 0 Å². The van der Waals surface area contributed by atoms with Gasteiger partial charge in [0.15, 0.2) is 0 Å². The van der Waals surface area contributed by atoms with Gasteiger partial charge in [-0.1, -0.05) is 6.58 Å². The first-order valence-electron chi connectivity index (χ1n) is 3.23. The first-order chi connectivity index (χ1) is 4.76. The number of nitrogens with one attached hydrogen (secondary N) is 1. The summed E-state index contributed by atoms with van der Waals surface area (Å²) in [5.74, 6) is 0. The monoisotopic (exact) mass is 136 g/mol. The summed E-state index contributed by atoms with van der Waals surface area (Å²) >= 11 is 0. The zero-order chi connectivity index (χ0) is 7.98. The van der Waals surface area contributed by atoms with Gasteiger partial charge in [-0.25, -0.2) is 0 Å². The molecule has 2 heteroatoms. The van der Waals surface area contributed by atoms with Gasteiger partial charge in [0.25, 0.3) is 0 Å². The highest BCUT2D eigenvalue weighted by molar-refractivity contribution is 5.34. The zero-order valence-electron chi connectivity index (χ0n) is 6.44. The van der Waals surface area contributed by atoms with E-state index < -0.39 is 0 Å². The molecule has 0 radical (unpaired) electrons. The second-order valence-corrected chi connectivity index (χ2v) is 1.88. The summed E-state index contributed by atoms with van der Waals surface area (Å²) in [6.07, 6.45) is 1.55. The first-order valence-corrected chi connectivity index (χ1v) is 3.23. The fourth-order valence-electron chi connectivity index (χ4n) is 0.643. The summed E-state index contributed by atoms with van der Waals surface area (Å²) < 4.78 is 0. The molecule has 54 valence electrons. The number of hydrogen-bond donors (Lipinski definition) is 1. The van der Waals surface area contributed by atoms with Crippen LogP contribution in [0.15, 0.2) is 23.9 Å². The van der Waals surface area contributed by atoms with Crippen LogP contribution in [-0.2, 0) is 0 Å². The number of allylic oxidation sites excluding steroid dienone is 3. The number of nitrogens with zero attached hydrogens (tertiary/aromatic N) is 1. The van der Waals surface area contributed by atoms with Gasteiger partial charge in [0.1, 0.15) is 6.07 Å². The van der Waals surface area contributed by atoms with E-state index in [2.05, 4.69) is 11.9 Å². The van der Waals surface area contributed by atoms with Gasteiger partial charge < -0.3 is 5.32 Å². The standard InChI is InChI=1S/C8H12N2/c1-4-8(6-9)7(3)10-5-2/h4,10H,1,5H2,2-3H3/b8-7-. The van der Waals surface area contributed by atoms with Crippen LogP contribution in [0.3, 0.4) is 0 Å². The Bertz CT molecular complexity index is 184. The molecule has 0 heterocycles. The van der Waals surface area contributed by atoms with Gasteiger partial charge in [-0.15, -0.1) is 0 Å². The van der Waals surface area contributed by atoms with Crippen LogP contribution in [0.5, 0.6) is 0 Å². The van der Waals surface area contributed by atoms with Crippen LogP contribution in [0.2, 0.25) is 0 Å². The smallest absolute Gasteiger partial charge is 0.101 e. The fraction of sp³-hybridized carbons (Fsp3) is 0.375. The Hall–Kier alpha value is -1.23. The molecular formula is C8H12N2. The zero-order valence-corrected chi connectivity index (χ0v) is 6.44. The molecule has 0 aromatic heterocycles. The van der Waals surface area contributed by atoms with Crippen molar-refractivity contribution in [2.45, 2.75) is 13.8 Å². The molecule has 1 N–H and O–H groups in total. The molecule has 0 aromatic carbocycles. The van der Waals surface area contributed by atoms with E-state index in [1.54, 1.807) is 6.08 Å². The Labute approximate surface area is 61.9 Å². The van der Waals surface area contributed by atoms with Gasteiger partial charge in [-0.05, 0) is 19.9 Å². The predicted molar refractivity (Wildman–Crippen MR) is 42.2 cm³/mol. The van der Waals surface area contributed by atoms with Gasteiger partial charge in [0, 0.05) is 12.2 Å². The number of hydrogen-bond acceptors (Lipinski definition) is 2. The maximum atomic E-state index is 8.50. The van der Waals surface area contributed by atoms with E-state index in [9.17, 15) is 0 Å². The number of rotatable bonds is 3. The van der Waals surface area contributed by atoms with E-state index in [0.29, 0.717) is 5.57 Å². The van der Waals surface area contributed by atoms with Crippen molar-refractivity contribution in [2.75, 3.05) is 6.54 Å². The lowest BCUT2D eigenvalue weighted by atomic mass is 10.2. The maximum absolute atomic E-state index is 8.50. The van der Waals surface area contributed by atoms with E-state index in [-0.39, 0.29) is 0 Å². The van der Waals surface area contributed by atoms with Crippen molar-refractivity contribution in [3.63, 3.8) is 0 Å². The highest BCUT2D eigenvalue weighted by Crippen LogP contribution is 1.98. The lowest BCUT2D eigenvalue weighted by Crippen LogP contribution is -2.10. The minimum atomic E-state index is 0.613. The van der Waals surface area contributed by atoms with Crippen molar-refractivity contribution in [1.29, 1.82) is 5.26 Å². The molecule has 0 aliphatic carbocycles. The molecular weight excluding hydrogens is 124 g/mol. The van der Waals surface area contributed by atoms with Crippen LogP contribution in [0.4, 0.5) is 0 Å². The summed E-state index contributed by atoms with van der Waals surface area (Å²) in [5, 5.41) is 11.5. The van der Waals surface area contributed by atoms with E-state index in [1.165, 1.54) is 0 Å². The molecule has 0 amide bonds. The molecule has 10 heavy (non-hydrogen) atoms. The molecule has 0 saturated carbocycles. The van der Waals surface area contributed by atoms with Crippen LogP contribution >= 0.6 is 0 Å². The second kappa shape index (κ2) is 4.63. The van der Waals surface area contributed by atoms with E-state index >= 15 is 0 Å². The van der Waals surface area contributed by atoms with Gasteiger partial charge in [0.05, 0.1) is 5.57 Å². The van der Waals surface area contributed by atoms with Crippen LogP contribution in [0, 0.1) is 11.3 Å². The summed E-state index contributed by atoms with van der Waals surface area (Å²) in [5.41, 5.74) is 1.50. The highest BCUT2D eigenvalue weighted by Gasteiger charge is 1.92. The normalized spacial score (nSPS) is 11.3. The molecule has 2 nitrogen and oxygen atoms in total. The average molecular weight is 136 g/mol. The fourth-order valence-corrected chi connectivity index (χ4v) is 0.643. The van der Waals surface area contributed by atoms with Crippen LogP contribution < -0.4 is 5.32 Å². The van der Waals surface area contributed by atoms with Gasteiger partial charge in [-0.2, -0.15) is 5.26 Å². The van der Waals surface area contributed by atoms with Crippen LogP contribution in [0.1, 0.15) is 13.8 Å². The summed E-state index contributed by atoms with van der Waals surface area (Å²) in [6.45, 7) is 8.21. The van der Waals surface area contributed by atoms with E-state index in [1.807, 2.05) is 19.9 Å². The summed E-state index contributed by atoms with van der Waals surface area (Å²) in [4.78, 5) is 0. The third kappa shape index (κ3) is 2.36. The third-order valence-electron chi connectivity index (χ3n) is 1.17. The molecule has 0 aromatic rings. The van der Waals surface area contributed by atoms with Gasteiger partial charge in [0.2, 0.25) is 0 Å². The van der Waals surface area contributed by atoms with Crippen LogP contribution in [-0.4, -0.2) is 6.54 Å². The molecule has 0 aliphatic heterocycles. The molecule has 0 bridgehead atoms. The summed E-state index contributed by atoms with van der Waals surface area (Å²) in [7, 11) is 0. The van der Waals surface area contributed by atoms with Crippen molar-refractivity contribution in [1.82, 2.24) is 5.32 Å². The second-order valence-electron chi connectivity index (χ2n) is 1.88. The largest absolute Gasteiger partial charge is 0.388 e. The first kappa shape index (κ1) is 8.77. The quantitative estimate of drug-likeness (QED) is 0.472. The molecule has 0 spiro atoms. The minimum Gasteiger partial charge on any atom is -0.388 e. The Balaban J connectivity index is 4.31. The molecule has 0 saturated heterocycles. The average Bonchev–Trinajstić information content (AvgIpc) is 1.91. The van der Waals surface area contributed by atoms with Crippen molar-refractivity contribution in [3.8, 4) is 6.07 Å². The molecule has 0 rings (SSSR count). The summed E-state index contributed by atoms with van der Waals surface area (Å²) in [6, 6.07) is 2.04. The minimum absolute atomic E-state index is 0.613. The Kier molecular flexibility index (Phi) is 4.06. The lowest BCUT2D eigenvalue weighted by molar-refractivity contribution is 0.849. The van der Waals surface area contributed by atoms with Crippen molar-refractivity contribution in [2.24, 2.45) is 0 Å². The van der Waals surface area contributed by atoms with Crippen molar-refractivity contribution in [3.05, 3.63) is 23.9 Å². The molecule has 0 unspecified atom stereocenters. The Morgan fingerprint density at radius 2 is 2.40 bits per heavy atom.